The van der Waals surface area contributed by atoms with E-state index < -0.39 is 0 Å². The lowest BCUT2D eigenvalue weighted by Gasteiger charge is -2.37. The number of benzene rings is 2. The summed E-state index contributed by atoms with van der Waals surface area (Å²) in [6, 6.07) is 11.3. The number of hydrogen-bond donors (Lipinski definition) is 0. The maximum atomic E-state index is 12.7. The number of carbonyl (C=O) groups excluding carboxylic acids is 3. The molecule has 2 aliphatic heterocycles. The first-order valence-corrected chi connectivity index (χ1v) is 10.9. The van der Waals surface area contributed by atoms with E-state index in [9.17, 15) is 14.4 Å². The van der Waals surface area contributed by atoms with Crippen LogP contribution in [-0.2, 0) is 4.79 Å². The molecule has 156 valence electrons. The fourth-order valence-corrected chi connectivity index (χ4v) is 4.47. The molecular weight excluding hydrogens is 446 g/mol. The smallest absolute Gasteiger partial charge is 0.261 e. The number of rotatable bonds is 4. The Morgan fingerprint density at radius 2 is 1.67 bits per heavy atom. The second-order valence-corrected chi connectivity index (χ2v) is 8.70. The van der Waals surface area contributed by atoms with Crippen molar-refractivity contribution in [3.05, 3.63) is 63.1 Å². The summed E-state index contributed by atoms with van der Waals surface area (Å²) in [5.74, 6) is -0.674. The van der Waals surface area contributed by atoms with E-state index in [1.165, 1.54) is 21.7 Å². The van der Waals surface area contributed by atoms with Crippen molar-refractivity contribution in [1.29, 1.82) is 0 Å². The van der Waals surface area contributed by atoms with Gasteiger partial charge in [0.1, 0.15) is 0 Å². The Kier molecular flexibility index (Phi) is 5.64. The molecule has 0 saturated carbocycles. The molecule has 1 fully saturated rings. The molecule has 30 heavy (non-hydrogen) atoms. The maximum Gasteiger partial charge on any atom is 0.261 e. The van der Waals surface area contributed by atoms with E-state index in [-0.39, 0.29) is 30.7 Å². The molecular formula is C23H24BrN3O3. The van der Waals surface area contributed by atoms with Gasteiger partial charge in [0, 0.05) is 49.3 Å². The van der Waals surface area contributed by atoms with Gasteiger partial charge in [0.2, 0.25) is 5.91 Å². The minimum absolute atomic E-state index is 0.0200. The highest BCUT2D eigenvalue weighted by Crippen LogP contribution is 2.27. The van der Waals surface area contributed by atoms with E-state index in [1.807, 2.05) is 4.90 Å². The average molecular weight is 470 g/mol. The van der Waals surface area contributed by atoms with Crippen molar-refractivity contribution in [2.24, 2.45) is 0 Å². The molecule has 6 nitrogen and oxygen atoms in total. The Bertz CT molecular complexity index is 1030. The highest BCUT2D eigenvalue weighted by Gasteiger charge is 2.36. The van der Waals surface area contributed by atoms with Gasteiger partial charge in [-0.3, -0.25) is 19.3 Å². The van der Waals surface area contributed by atoms with Crippen LogP contribution in [0.5, 0.6) is 0 Å². The number of anilines is 1. The van der Waals surface area contributed by atoms with Crippen molar-refractivity contribution in [2.75, 3.05) is 37.6 Å². The van der Waals surface area contributed by atoms with Gasteiger partial charge in [0.05, 0.1) is 11.1 Å². The number of amides is 3. The largest absolute Gasteiger partial charge is 0.368 e. The Morgan fingerprint density at radius 3 is 2.40 bits per heavy atom. The van der Waals surface area contributed by atoms with Gasteiger partial charge >= 0.3 is 0 Å². The molecule has 0 unspecified atom stereocenters. The lowest BCUT2D eigenvalue weighted by atomic mass is 10.1. The second-order valence-electron chi connectivity index (χ2n) is 7.79. The monoisotopic (exact) mass is 469 g/mol. The molecule has 2 aromatic carbocycles. The maximum absolute atomic E-state index is 12.7. The number of hydrogen-bond acceptors (Lipinski definition) is 4. The zero-order valence-electron chi connectivity index (χ0n) is 17.2. The number of halogens is 1. The van der Waals surface area contributed by atoms with Crippen LogP contribution in [0.3, 0.4) is 0 Å². The third-order valence-electron chi connectivity index (χ3n) is 6.03. The summed E-state index contributed by atoms with van der Waals surface area (Å²) < 4.78 is 0.752. The minimum Gasteiger partial charge on any atom is -0.368 e. The van der Waals surface area contributed by atoms with Crippen molar-refractivity contribution >= 4 is 39.3 Å². The van der Waals surface area contributed by atoms with Crippen molar-refractivity contribution < 1.29 is 14.4 Å². The van der Waals surface area contributed by atoms with Gasteiger partial charge in [-0.1, -0.05) is 28.1 Å². The van der Waals surface area contributed by atoms with Gasteiger partial charge in [-0.25, -0.2) is 0 Å². The third-order valence-corrected chi connectivity index (χ3v) is 6.52. The van der Waals surface area contributed by atoms with E-state index in [0.29, 0.717) is 24.2 Å². The van der Waals surface area contributed by atoms with Gasteiger partial charge in [0.25, 0.3) is 11.8 Å². The van der Waals surface area contributed by atoms with Crippen molar-refractivity contribution in [1.82, 2.24) is 9.80 Å². The van der Waals surface area contributed by atoms with E-state index in [1.54, 1.807) is 18.2 Å². The number of fused-ring (bicyclic) bond motifs is 1. The summed E-state index contributed by atoms with van der Waals surface area (Å²) in [7, 11) is 0. The topological polar surface area (TPSA) is 60.9 Å². The van der Waals surface area contributed by atoms with Gasteiger partial charge in [-0.2, -0.15) is 0 Å². The van der Waals surface area contributed by atoms with Crippen molar-refractivity contribution in [2.45, 2.75) is 20.3 Å². The Hall–Kier alpha value is -2.67. The van der Waals surface area contributed by atoms with Crippen LogP contribution in [0, 0.1) is 13.8 Å². The molecule has 0 radical (unpaired) electrons. The Labute approximate surface area is 184 Å². The molecule has 2 aliphatic rings. The highest BCUT2D eigenvalue weighted by molar-refractivity contribution is 9.10. The van der Waals surface area contributed by atoms with E-state index >= 15 is 0 Å². The lowest BCUT2D eigenvalue weighted by Crippen LogP contribution is -2.49. The average Bonchev–Trinajstić information content (AvgIpc) is 2.98. The first kappa shape index (κ1) is 20.6. The first-order valence-electron chi connectivity index (χ1n) is 10.1. The number of imide groups is 1. The van der Waals surface area contributed by atoms with E-state index in [0.717, 1.165) is 17.6 Å². The minimum atomic E-state index is -0.330. The fraction of sp³-hybridized carbons (Fsp3) is 0.348. The van der Waals surface area contributed by atoms with Gasteiger partial charge < -0.3 is 9.80 Å². The van der Waals surface area contributed by atoms with Gasteiger partial charge in [0.15, 0.2) is 0 Å². The SMILES string of the molecule is Cc1cccc(N2CCN(C(=O)CCN3C(=O)c4ccc(Br)cc4C3=O)CC2)c1C. The Morgan fingerprint density at radius 1 is 0.967 bits per heavy atom. The van der Waals surface area contributed by atoms with Crippen LogP contribution < -0.4 is 4.90 Å². The summed E-state index contributed by atoms with van der Waals surface area (Å²) in [4.78, 5) is 43.1. The normalized spacial score (nSPS) is 16.3. The standard InChI is InChI=1S/C23H24BrN3O3/c1-15-4-3-5-20(16(15)2)25-10-12-26(13-11-25)21(28)8-9-27-22(29)18-7-6-17(24)14-19(18)23(27)30/h3-7,14H,8-13H2,1-2H3. The number of nitrogens with zero attached hydrogens (tertiary/aromatic N) is 3. The highest BCUT2D eigenvalue weighted by atomic mass is 79.9. The molecule has 2 aromatic rings. The van der Waals surface area contributed by atoms with Crippen LogP contribution in [0.25, 0.3) is 0 Å². The first-order chi connectivity index (χ1) is 14.4. The molecule has 0 aliphatic carbocycles. The van der Waals surface area contributed by atoms with Crippen LogP contribution >= 0.6 is 15.9 Å². The van der Waals surface area contributed by atoms with E-state index in [4.69, 9.17) is 0 Å². The summed E-state index contributed by atoms with van der Waals surface area (Å²) in [6.45, 7) is 7.18. The zero-order chi connectivity index (χ0) is 21.4. The molecule has 0 spiro atoms. The molecule has 1 saturated heterocycles. The molecule has 3 amide bonds. The summed E-state index contributed by atoms with van der Waals surface area (Å²) in [5, 5.41) is 0. The van der Waals surface area contributed by atoms with E-state index in [2.05, 4.69) is 52.9 Å². The van der Waals surface area contributed by atoms with Crippen LogP contribution in [0.15, 0.2) is 40.9 Å². The number of aryl methyl sites for hydroxylation is 1. The zero-order valence-corrected chi connectivity index (χ0v) is 18.7. The molecule has 0 atom stereocenters. The van der Waals surface area contributed by atoms with Crippen LogP contribution in [0.1, 0.15) is 38.3 Å². The van der Waals surface area contributed by atoms with Crippen molar-refractivity contribution in [3.63, 3.8) is 0 Å². The Balaban J connectivity index is 1.33. The molecule has 0 N–H and O–H groups in total. The van der Waals surface area contributed by atoms with Gasteiger partial charge in [-0.05, 0) is 49.2 Å². The molecule has 4 rings (SSSR count). The summed E-state index contributed by atoms with van der Waals surface area (Å²) in [6.07, 6.45) is 0.149. The second kappa shape index (κ2) is 8.22. The van der Waals surface area contributed by atoms with Crippen molar-refractivity contribution in [3.8, 4) is 0 Å². The molecule has 7 heteroatoms. The lowest BCUT2D eigenvalue weighted by molar-refractivity contribution is -0.131. The predicted octanol–water partition coefficient (Wildman–Crippen LogP) is 3.40. The molecule has 0 bridgehead atoms. The quantitative estimate of drug-likeness (QED) is 0.643. The van der Waals surface area contributed by atoms with Crippen LogP contribution in [0.4, 0.5) is 5.69 Å². The summed E-state index contributed by atoms with van der Waals surface area (Å²) >= 11 is 3.33. The fourth-order valence-electron chi connectivity index (χ4n) is 4.11. The predicted molar refractivity (Wildman–Crippen MR) is 119 cm³/mol. The van der Waals surface area contributed by atoms with Crippen LogP contribution in [0.2, 0.25) is 0 Å². The molecule has 0 aromatic heterocycles. The molecule has 2 heterocycles. The van der Waals surface area contributed by atoms with Crippen LogP contribution in [-0.4, -0.2) is 60.2 Å². The van der Waals surface area contributed by atoms with Gasteiger partial charge in [-0.15, -0.1) is 0 Å². The number of carbonyl (C=O) groups is 3. The third kappa shape index (κ3) is 3.74. The number of piperazine rings is 1. The summed E-state index contributed by atoms with van der Waals surface area (Å²) in [5.41, 5.74) is 4.55.